The molecule has 0 aliphatic heterocycles. The third kappa shape index (κ3) is 2.36. The van der Waals surface area contributed by atoms with E-state index < -0.39 is 22.8 Å². The molecule has 1 aliphatic rings. The predicted molar refractivity (Wildman–Crippen MR) is 64.3 cm³/mol. The Morgan fingerprint density at radius 1 is 1.47 bits per heavy atom. The zero-order chi connectivity index (χ0) is 14.0. The van der Waals surface area contributed by atoms with Gasteiger partial charge in [-0.1, -0.05) is 12.1 Å². The maximum atomic E-state index is 14.3. The Morgan fingerprint density at radius 2 is 2.21 bits per heavy atom. The fourth-order valence-corrected chi connectivity index (χ4v) is 1.86. The summed E-state index contributed by atoms with van der Waals surface area (Å²) < 4.78 is 27.6. The number of halogens is 2. The molecule has 0 bridgehead atoms. The highest BCUT2D eigenvalue weighted by molar-refractivity contribution is 5.79. The second kappa shape index (κ2) is 4.61. The second-order valence-electron chi connectivity index (χ2n) is 4.07. The van der Waals surface area contributed by atoms with Crippen LogP contribution in [-0.2, 0) is 0 Å². The van der Waals surface area contributed by atoms with E-state index in [-0.39, 0.29) is 16.8 Å². The van der Waals surface area contributed by atoms with Crippen LogP contribution in [0.4, 0.5) is 14.5 Å². The summed E-state index contributed by atoms with van der Waals surface area (Å²) in [5.74, 6) is -0.662. The van der Waals surface area contributed by atoms with Crippen LogP contribution in [0.5, 0.6) is 0 Å². The standard InChI is InChI=1S/C13H8F2N2O2/c14-10-4-5-13(15,8-16)12(7-10)9-2-1-3-11(6-9)17(18)19/h1-4,6-7H,5H2. The average molecular weight is 262 g/mol. The minimum Gasteiger partial charge on any atom is -0.258 e. The quantitative estimate of drug-likeness (QED) is 0.605. The number of hydrogen-bond donors (Lipinski definition) is 0. The molecule has 19 heavy (non-hydrogen) atoms. The zero-order valence-corrected chi connectivity index (χ0v) is 9.64. The average Bonchev–Trinajstić information content (AvgIpc) is 2.42. The van der Waals surface area contributed by atoms with Gasteiger partial charge in [-0.15, -0.1) is 0 Å². The van der Waals surface area contributed by atoms with Crippen LogP contribution in [-0.4, -0.2) is 10.6 Å². The number of alkyl halides is 1. The summed E-state index contributed by atoms with van der Waals surface area (Å²) in [6, 6.07) is 6.61. The van der Waals surface area contributed by atoms with E-state index in [1.54, 1.807) is 0 Å². The summed E-state index contributed by atoms with van der Waals surface area (Å²) in [6.07, 6.45) is 1.46. The minimum absolute atomic E-state index is 0.126. The van der Waals surface area contributed by atoms with E-state index in [0.29, 0.717) is 0 Å². The SMILES string of the molecule is N#CC1(F)CC=C(F)C=C1c1cccc([N+](=O)[O-])c1. The molecule has 0 aromatic heterocycles. The van der Waals surface area contributed by atoms with Gasteiger partial charge in [0.1, 0.15) is 11.9 Å². The van der Waals surface area contributed by atoms with Gasteiger partial charge in [0, 0.05) is 24.1 Å². The van der Waals surface area contributed by atoms with Crippen LogP contribution in [0.15, 0.2) is 42.2 Å². The van der Waals surface area contributed by atoms with E-state index in [1.807, 2.05) is 0 Å². The van der Waals surface area contributed by atoms with Crippen LogP contribution in [0.1, 0.15) is 12.0 Å². The van der Waals surface area contributed by atoms with Gasteiger partial charge in [-0.25, -0.2) is 8.78 Å². The lowest BCUT2D eigenvalue weighted by Crippen LogP contribution is -2.24. The number of non-ortho nitro benzene ring substituents is 1. The Balaban J connectivity index is 2.55. The number of rotatable bonds is 2. The van der Waals surface area contributed by atoms with Crippen LogP contribution >= 0.6 is 0 Å². The molecule has 0 amide bonds. The molecular formula is C13H8F2N2O2. The van der Waals surface area contributed by atoms with E-state index in [0.717, 1.165) is 18.2 Å². The molecule has 0 fully saturated rings. The predicted octanol–water partition coefficient (Wildman–Crippen LogP) is 3.47. The fraction of sp³-hybridized carbons (Fsp3) is 0.154. The number of nitrogens with zero attached hydrogens (tertiary/aromatic N) is 2. The van der Waals surface area contributed by atoms with Gasteiger partial charge < -0.3 is 0 Å². The summed E-state index contributed by atoms with van der Waals surface area (Å²) in [4.78, 5) is 10.0. The molecule has 0 spiro atoms. The van der Waals surface area contributed by atoms with Crippen molar-refractivity contribution in [3.8, 4) is 6.07 Å². The van der Waals surface area contributed by atoms with E-state index in [2.05, 4.69) is 0 Å². The smallest absolute Gasteiger partial charge is 0.258 e. The van der Waals surface area contributed by atoms with Gasteiger partial charge in [0.2, 0.25) is 5.67 Å². The van der Waals surface area contributed by atoms with Gasteiger partial charge in [0.05, 0.1) is 4.92 Å². The first kappa shape index (κ1) is 12.9. The molecular weight excluding hydrogens is 254 g/mol. The largest absolute Gasteiger partial charge is 0.270 e. The second-order valence-corrected chi connectivity index (χ2v) is 4.07. The third-order valence-corrected chi connectivity index (χ3v) is 2.83. The fourth-order valence-electron chi connectivity index (χ4n) is 1.86. The van der Waals surface area contributed by atoms with Crippen molar-refractivity contribution in [3.05, 3.63) is 57.9 Å². The summed E-state index contributed by atoms with van der Waals surface area (Å²) in [5, 5.41) is 19.6. The molecule has 0 radical (unpaired) electrons. The molecule has 1 aliphatic carbocycles. The van der Waals surface area contributed by atoms with Gasteiger partial charge in [0.25, 0.3) is 5.69 Å². The van der Waals surface area contributed by atoms with Gasteiger partial charge in [0.15, 0.2) is 0 Å². The van der Waals surface area contributed by atoms with Crippen LogP contribution < -0.4 is 0 Å². The van der Waals surface area contributed by atoms with Crippen molar-refractivity contribution < 1.29 is 13.7 Å². The first-order chi connectivity index (χ1) is 8.96. The maximum absolute atomic E-state index is 14.3. The van der Waals surface area contributed by atoms with Gasteiger partial charge in [-0.3, -0.25) is 10.1 Å². The Bertz CT molecular complexity index is 646. The highest BCUT2D eigenvalue weighted by Gasteiger charge is 2.37. The van der Waals surface area contributed by atoms with Gasteiger partial charge in [-0.05, 0) is 17.7 Å². The Hall–Kier alpha value is -2.55. The summed E-state index contributed by atoms with van der Waals surface area (Å²) in [7, 11) is 0. The molecule has 1 atom stereocenters. The number of benzene rings is 1. The lowest BCUT2D eigenvalue weighted by atomic mass is 9.84. The van der Waals surface area contributed by atoms with E-state index >= 15 is 0 Å². The Labute approximate surface area is 107 Å². The van der Waals surface area contributed by atoms with Crippen molar-refractivity contribution in [2.75, 3.05) is 0 Å². The van der Waals surface area contributed by atoms with Crippen LogP contribution in [0.25, 0.3) is 5.57 Å². The van der Waals surface area contributed by atoms with Crippen LogP contribution in [0.2, 0.25) is 0 Å². The number of hydrogen-bond acceptors (Lipinski definition) is 3. The van der Waals surface area contributed by atoms with Gasteiger partial charge >= 0.3 is 0 Å². The van der Waals surface area contributed by atoms with Crippen molar-refractivity contribution in [3.63, 3.8) is 0 Å². The highest BCUT2D eigenvalue weighted by atomic mass is 19.1. The molecule has 0 saturated heterocycles. The van der Waals surface area contributed by atoms with Crippen molar-refractivity contribution in [2.45, 2.75) is 12.1 Å². The number of nitro groups is 1. The first-order valence-corrected chi connectivity index (χ1v) is 5.39. The molecule has 2 rings (SSSR count). The molecule has 1 aromatic carbocycles. The normalized spacial score (nSPS) is 22.2. The first-order valence-electron chi connectivity index (χ1n) is 5.39. The summed E-state index contributed by atoms with van der Waals surface area (Å²) in [5.41, 5.74) is -2.68. The van der Waals surface area contributed by atoms with Crippen molar-refractivity contribution in [2.24, 2.45) is 0 Å². The number of nitro benzene ring substituents is 1. The monoisotopic (exact) mass is 262 g/mol. The zero-order valence-electron chi connectivity index (χ0n) is 9.64. The molecule has 0 heterocycles. The van der Waals surface area contributed by atoms with Crippen molar-refractivity contribution in [1.29, 1.82) is 5.26 Å². The number of nitriles is 1. The maximum Gasteiger partial charge on any atom is 0.270 e. The Morgan fingerprint density at radius 3 is 2.84 bits per heavy atom. The lowest BCUT2D eigenvalue weighted by molar-refractivity contribution is -0.384. The highest BCUT2D eigenvalue weighted by Crippen LogP contribution is 2.39. The lowest BCUT2D eigenvalue weighted by Gasteiger charge is -2.22. The molecule has 1 aromatic rings. The van der Waals surface area contributed by atoms with Crippen LogP contribution in [0.3, 0.4) is 0 Å². The third-order valence-electron chi connectivity index (χ3n) is 2.83. The molecule has 0 N–H and O–H groups in total. The van der Waals surface area contributed by atoms with E-state index in [4.69, 9.17) is 5.26 Å². The van der Waals surface area contributed by atoms with E-state index in [9.17, 15) is 18.9 Å². The molecule has 6 heteroatoms. The van der Waals surface area contributed by atoms with Gasteiger partial charge in [-0.2, -0.15) is 5.26 Å². The summed E-state index contributed by atoms with van der Waals surface area (Å²) in [6.45, 7) is 0. The molecule has 1 unspecified atom stereocenters. The topological polar surface area (TPSA) is 66.9 Å². The molecule has 96 valence electrons. The van der Waals surface area contributed by atoms with E-state index in [1.165, 1.54) is 24.3 Å². The molecule has 0 saturated carbocycles. The van der Waals surface area contributed by atoms with Crippen molar-refractivity contribution >= 4 is 11.3 Å². The number of allylic oxidation sites excluding steroid dienone is 4. The molecule has 4 nitrogen and oxygen atoms in total. The van der Waals surface area contributed by atoms with Crippen LogP contribution in [0, 0.1) is 21.4 Å². The summed E-state index contributed by atoms with van der Waals surface area (Å²) >= 11 is 0. The Kier molecular flexibility index (Phi) is 3.13. The minimum atomic E-state index is -2.37. The van der Waals surface area contributed by atoms with Crippen molar-refractivity contribution in [1.82, 2.24) is 0 Å².